The Labute approximate surface area is 121 Å². The van der Waals surface area contributed by atoms with E-state index in [4.69, 9.17) is 16.0 Å². The van der Waals surface area contributed by atoms with Crippen LogP contribution in [0.2, 0.25) is 5.02 Å². The predicted octanol–water partition coefficient (Wildman–Crippen LogP) is 3.77. The number of anilines is 1. The number of hydrogen-bond donors (Lipinski definition) is 1. The van der Waals surface area contributed by atoms with Gasteiger partial charge in [-0.05, 0) is 23.8 Å². The maximum atomic E-state index is 6.09. The highest BCUT2D eigenvalue weighted by Crippen LogP contribution is 2.21. The van der Waals surface area contributed by atoms with E-state index in [2.05, 4.69) is 21.6 Å². The lowest BCUT2D eigenvalue weighted by atomic mass is 10.2. The Hall–Kier alpha value is -1.20. The molecule has 0 aliphatic rings. The van der Waals surface area contributed by atoms with Crippen molar-refractivity contribution in [1.29, 1.82) is 0 Å². The van der Waals surface area contributed by atoms with Gasteiger partial charge in [-0.1, -0.05) is 34.9 Å². The first kappa shape index (κ1) is 14.2. The first-order chi connectivity index (χ1) is 9.25. The first-order valence-corrected chi connectivity index (χ1v) is 7.64. The van der Waals surface area contributed by atoms with Crippen LogP contribution in [-0.4, -0.2) is 22.5 Å². The summed E-state index contributed by atoms with van der Waals surface area (Å²) in [4.78, 5) is 0. The zero-order valence-electron chi connectivity index (χ0n) is 10.7. The van der Waals surface area contributed by atoms with Crippen LogP contribution in [0.3, 0.4) is 0 Å². The average Bonchev–Trinajstić information content (AvgIpc) is 2.81. The summed E-state index contributed by atoms with van der Waals surface area (Å²) in [5.41, 5.74) is 1.19. The molecule has 0 radical (unpaired) electrons. The molecule has 0 saturated heterocycles. The molecular formula is C13H16ClN3OS. The van der Waals surface area contributed by atoms with Gasteiger partial charge in [0.25, 0.3) is 0 Å². The van der Waals surface area contributed by atoms with Gasteiger partial charge in [0.05, 0.1) is 0 Å². The molecule has 0 fully saturated rings. The van der Waals surface area contributed by atoms with Crippen molar-refractivity contribution in [3.8, 4) is 0 Å². The lowest BCUT2D eigenvalue weighted by molar-refractivity contribution is 0.530. The number of aromatic nitrogens is 2. The van der Waals surface area contributed by atoms with Gasteiger partial charge in [0.1, 0.15) is 0 Å². The van der Waals surface area contributed by atoms with E-state index in [0.717, 1.165) is 29.5 Å². The summed E-state index contributed by atoms with van der Waals surface area (Å²) in [5, 5.41) is 11.6. The van der Waals surface area contributed by atoms with Gasteiger partial charge in [0.2, 0.25) is 5.89 Å². The molecule has 0 atom stereocenters. The molecule has 2 rings (SSSR count). The van der Waals surface area contributed by atoms with Gasteiger partial charge in [-0.2, -0.15) is 11.8 Å². The molecule has 1 N–H and O–H groups in total. The van der Waals surface area contributed by atoms with E-state index in [1.165, 1.54) is 5.56 Å². The second kappa shape index (κ2) is 7.40. The van der Waals surface area contributed by atoms with Crippen LogP contribution >= 0.6 is 23.4 Å². The molecule has 0 aliphatic carbocycles. The van der Waals surface area contributed by atoms with Gasteiger partial charge < -0.3 is 9.73 Å². The predicted molar refractivity (Wildman–Crippen MR) is 79.8 cm³/mol. The lowest BCUT2D eigenvalue weighted by Gasteiger charge is -2.04. The molecule has 0 unspecified atom stereocenters. The molecule has 19 heavy (non-hydrogen) atoms. The molecule has 0 bridgehead atoms. The molecule has 102 valence electrons. The largest absolute Gasteiger partial charge is 0.408 e. The Morgan fingerprint density at radius 3 is 2.89 bits per heavy atom. The third-order valence-corrected chi connectivity index (χ3v) is 3.94. The topological polar surface area (TPSA) is 51.0 Å². The van der Waals surface area contributed by atoms with E-state index in [0.29, 0.717) is 11.9 Å². The summed E-state index contributed by atoms with van der Waals surface area (Å²) in [6.07, 6.45) is 1.04. The molecule has 2 aromatic rings. The van der Waals surface area contributed by atoms with Crippen molar-refractivity contribution in [2.45, 2.75) is 19.1 Å². The van der Waals surface area contributed by atoms with Crippen LogP contribution in [0.15, 0.2) is 28.7 Å². The van der Waals surface area contributed by atoms with Crippen molar-refractivity contribution in [2.24, 2.45) is 0 Å². The molecule has 1 aromatic carbocycles. The molecule has 0 spiro atoms. The number of benzene rings is 1. The number of thioether (sulfide) groups is 1. The average molecular weight is 298 g/mol. The molecule has 6 heteroatoms. The molecule has 0 saturated carbocycles. The Balaban J connectivity index is 1.59. The maximum Gasteiger partial charge on any atom is 0.315 e. The fraction of sp³-hybridized carbons (Fsp3) is 0.385. The summed E-state index contributed by atoms with van der Waals surface area (Å²) >= 11 is 7.96. The lowest BCUT2D eigenvalue weighted by Crippen LogP contribution is -2.02. The van der Waals surface area contributed by atoms with Crippen molar-refractivity contribution in [3.63, 3.8) is 0 Å². The minimum absolute atomic E-state index is 0.494. The third kappa shape index (κ3) is 4.76. The van der Waals surface area contributed by atoms with Crippen LogP contribution in [0.5, 0.6) is 0 Å². The third-order valence-electron chi connectivity index (χ3n) is 2.48. The van der Waals surface area contributed by atoms with Crippen molar-refractivity contribution in [3.05, 3.63) is 40.7 Å². The van der Waals surface area contributed by atoms with Crippen molar-refractivity contribution in [1.82, 2.24) is 10.2 Å². The van der Waals surface area contributed by atoms with E-state index in [-0.39, 0.29) is 0 Å². The summed E-state index contributed by atoms with van der Waals surface area (Å²) in [7, 11) is 0. The molecule has 1 heterocycles. The van der Waals surface area contributed by atoms with Crippen LogP contribution < -0.4 is 5.32 Å². The van der Waals surface area contributed by atoms with Crippen molar-refractivity contribution in [2.75, 3.05) is 17.6 Å². The SMILES string of the molecule is Cc1nnc(NCCCSCc2ccccc2Cl)o1. The summed E-state index contributed by atoms with van der Waals surface area (Å²) in [5.74, 6) is 2.58. The number of rotatable bonds is 7. The Kier molecular flexibility index (Phi) is 5.54. The fourth-order valence-corrected chi connectivity index (χ4v) is 2.78. The van der Waals surface area contributed by atoms with Crippen LogP contribution in [0.1, 0.15) is 17.9 Å². The summed E-state index contributed by atoms with van der Waals surface area (Å²) in [6.45, 7) is 2.61. The summed E-state index contributed by atoms with van der Waals surface area (Å²) < 4.78 is 5.22. The molecule has 0 amide bonds. The highest BCUT2D eigenvalue weighted by atomic mass is 35.5. The zero-order valence-corrected chi connectivity index (χ0v) is 12.3. The van der Waals surface area contributed by atoms with E-state index in [1.54, 1.807) is 6.92 Å². The van der Waals surface area contributed by atoms with E-state index in [9.17, 15) is 0 Å². The van der Waals surface area contributed by atoms with Crippen LogP contribution in [0.4, 0.5) is 6.01 Å². The number of halogens is 1. The monoisotopic (exact) mass is 297 g/mol. The second-order valence-corrected chi connectivity index (χ2v) is 5.56. The van der Waals surface area contributed by atoms with Gasteiger partial charge in [-0.3, -0.25) is 0 Å². The number of hydrogen-bond acceptors (Lipinski definition) is 5. The number of aryl methyl sites for hydroxylation is 1. The number of nitrogens with zero attached hydrogens (tertiary/aromatic N) is 2. The van der Waals surface area contributed by atoms with Crippen molar-refractivity contribution < 1.29 is 4.42 Å². The quantitative estimate of drug-likeness (QED) is 0.789. The smallest absolute Gasteiger partial charge is 0.315 e. The van der Waals surface area contributed by atoms with E-state index >= 15 is 0 Å². The maximum absolute atomic E-state index is 6.09. The second-order valence-electron chi connectivity index (χ2n) is 4.05. The minimum Gasteiger partial charge on any atom is -0.408 e. The Bertz CT molecular complexity index is 518. The highest BCUT2D eigenvalue weighted by Gasteiger charge is 2.01. The van der Waals surface area contributed by atoms with Gasteiger partial charge in [0.15, 0.2) is 0 Å². The van der Waals surface area contributed by atoms with E-state index in [1.807, 2.05) is 30.0 Å². The van der Waals surface area contributed by atoms with Gasteiger partial charge in [-0.15, -0.1) is 5.10 Å². The van der Waals surface area contributed by atoms with Gasteiger partial charge >= 0.3 is 6.01 Å². The van der Waals surface area contributed by atoms with Crippen molar-refractivity contribution >= 4 is 29.4 Å². The normalized spacial score (nSPS) is 10.6. The zero-order chi connectivity index (χ0) is 13.5. The van der Waals surface area contributed by atoms with Crippen LogP contribution in [0, 0.1) is 6.92 Å². The van der Waals surface area contributed by atoms with Crippen LogP contribution in [-0.2, 0) is 5.75 Å². The number of nitrogens with one attached hydrogen (secondary N) is 1. The van der Waals surface area contributed by atoms with Gasteiger partial charge in [0, 0.05) is 24.2 Å². The first-order valence-electron chi connectivity index (χ1n) is 6.11. The molecule has 0 aliphatic heterocycles. The molecule has 4 nitrogen and oxygen atoms in total. The van der Waals surface area contributed by atoms with Crippen LogP contribution in [0.25, 0.3) is 0 Å². The summed E-state index contributed by atoms with van der Waals surface area (Å²) in [6, 6.07) is 8.45. The van der Waals surface area contributed by atoms with E-state index < -0.39 is 0 Å². The fourth-order valence-electron chi connectivity index (χ4n) is 1.54. The Morgan fingerprint density at radius 2 is 2.16 bits per heavy atom. The molecule has 1 aromatic heterocycles. The standard InChI is InChI=1S/C13H16ClN3OS/c1-10-16-17-13(18-10)15-7-4-8-19-9-11-5-2-3-6-12(11)14/h2-3,5-6H,4,7-9H2,1H3,(H,15,17). The minimum atomic E-state index is 0.494. The van der Waals surface area contributed by atoms with Gasteiger partial charge in [-0.25, -0.2) is 0 Å². The Morgan fingerprint density at radius 1 is 1.32 bits per heavy atom. The molecular weight excluding hydrogens is 282 g/mol. The highest BCUT2D eigenvalue weighted by molar-refractivity contribution is 7.98.